The van der Waals surface area contributed by atoms with Gasteiger partial charge in [0.1, 0.15) is 18.1 Å². The molecule has 0 atom stereocenters. The number of nitro benzene ring substituents is 1. The maximum atomic E-state index is 12.6. The van der Waals surface area contributed by atoms with Crippen LogP contribution >= 0.6 is 11.6 Å². The summed E-state index contributed by atoms with van der Waals surface area (Å²) in [6.45, 7) is 3.98. The van der Waals surface area contributed by atoms with Gasteiger partial charge in [0.25, 0.3) is 11.6 Å². The van der Waals surface area contributed by atoms with Gasteiger partial charge in [-0.25, -0.2) is 0 Å². The minimum Gasteiger partial charge on any atom is -0.484 e. The molecule has 0 spiro atoms. The lowest BCUT2D eigenvalue weighted by atomic mass is 10.2. The summed E-state index contributed by atoms with van der Waals surface area (Å²) in [5, 5.41) is 14.0. The van der Waals surface area contributed by atoms with E-state index in [9.17, 15) is 14.9 Å². The zero-order chi connectivity index (χ0) is 23.2. The second-order valence-corrected chi connectivity index (χ2v) is 7.88. The van der Waals surface area contributed by atoms with Crippen LogP contribution in [0.3, 0.4) is 0 Å². The molecule has 1 saturated heterocycles. The molecule has 1 fully saturated rings. The fraction of sp³-hybridized carbons (Fsp3) is 0.261. The first-order valence-corrected chi connectivity index (χ1v) is 10.7. The summed E-state index contributed by atoms with van der Waals surface area (Å²) in [7, 11) is 0. The molecule has 0 radical (unpaired) electrons. The number of hydrogen-bond acceptors (Lipinski definition) is 7. The van der Waals surface area contributed by atoms with Crippen LogP contribution in [-0.4, -0.2) is 42.0 Å². The second-order valence-electron chi connectivity index (χ2n) is 7.47. The topological polar surface area (TPSA) is 107 Å². The van der Waals surface area contributed by atoms with Crippen molar-refractivity contribution < 1.29 is 23.6 Å². The number of furan rings is 1. The van der Waals surface area contributed by atoms with Gasteiger partial charge < -0.3 is 19.2 Å². The van der Waals surface area contributed by atoms with Gasteiger partial charge in [0.15, 0.2) is 5.76 Å². The van der Waals surface area contributed by atoms with E-state index in [-0.39, 0.29) is 28.8 Å². The number of carbonyl (C=O) groups is 1. The number of benzene rings is 2. The Morgan fingerprint density at radius 2 is 1.97 bits per heavy atom. The number of rotatable bonds is 8. The quantitative estimate of drug-likeness (QED) is 0.380. The van der Waals surface area contributed by atoms with Gasteiger partial charge in [-0.1, -0.05) is 23.7 Å². The molecule has 1 amide bonds. The average molecular weight is 472 g/mol. The van der Waals surface area contributed by atoms with Crippen LogP contribution in [0.2, 0.25) is 5.02 Å². The molecule has 0 bridgehead atoms. The molecule has 33 heavy (non-hydrogen) atoms. The van der Waals surface area contributed by atoms with E-state index in [1.54, 1.807) is 12.1 Å². The van der Waals surface area contributed by atoms with Gasteiger partial charge in [0, 0.05) is 31.4 Å². The van der Waals surface area contributed by atoms with E-state index in [1.165, 1.54) is 18.2 Å². The summed E-state index contributed by atoms with van der Waals surface area (Å²) in [6, 6.07) is 14.7. The highest BCUT2D eigenvalue weighted by Crippen LogP contribution is 2.29. The predicted molar refractivity (Wildman–Crippen MR) is 122 cm³/mol. The number of ether oxygens (including phenoxy) is 2. The van der Waals surface area contributed by atoms with Gasteiger partial charge in [-0.15, -0.1) is 0 Å². The van der Waals surface area contributed by atoms with Crippen LogP contribution < -0.4 is 10.1 Å². The molecular formula is C23H22ClN3O6. The third-order valence-electron chi connectivity index (χ3n) is 5.08. The molecule has 3 aromatic rings. The van der Waals surface area contributed by atoms with E-state index in [0.717, 1.165) is 38.4 Å². The summed E-state index contributed by atoms with van der Waals surface area (Å²) in [5.41, 5.74) is 1.63. The molecule has 2 heterocycles. The van der Waals surface area contributed by atoms with Crippen molar-refractivity contribution >= 4 is 28.9 Å². The Morgan fingerprint density at radius 3 is 2.76 bits per heavy atom. The SMILES string of the molecule is O=C(Nc1cccc(CN2CCOCC2)c1)c1ccc(COc2cc([N+](=O)[O-])ccc2Cl)o1. The molecule has 1 aliphatic rings. The number of non-ortho nitro benzene ring substituents is 1. The molecule has 1 aliphatic heterocycles. The van der Waals surface area contributed by atoms with E-state index in [0.29, 0.717) is 11.4 Å². The number of carbonyl (C=O) groups excluding carboxylic acids is 1. The largest absolute Gasteiger partial charge is 0.484 e. The highest BCUT2D eigenvalue weighted by atomic mass is 35.5. The Balaban J connectivity index is 1.35. The van der Waals surface area contributed by atoms with Crippen LogP contribution in [0.4, 0.5) is 11.4 Å². The third-order valence-corrected chi connectivity index (χ3v) is 5.39. The number of hydrogen-bond donors (Lipinski definition) is 1. The number of nitro groups is 1. The molecule has 4 rings (SSSR count). The number of nitrogens with zero attached hydrogens (tertiary/aromatic N) is 2. The van der Waals surface area contributed by atoms with Gasteiger partial charge in [-0.3, -0.25) is 19.8 Å². The van der Waals surface area contributed by atoms with E-state index >= 15 is 0 Å². The Morgan fingerprint density at radius 1 is 1.15 bits per heavy atom. The van der Waals surface area contributed by atoms with Crippen molar-refractivity contribution in [1.82, 2.24) is 4.90 Å². The Kier molecular flexibility index (Phi) is 7.23. The van der Waals surface area contributed by atoms with Crippen LogP contribution in [0.1, 0.15) is 21.9 Å². The maximum Gasteiger partial charge on any atom is 0.291 e. The van der Waals surface area contributed by atoms with E-state index in [2.05, 4.69) is 10.2 Å². The number of anilines is 1. The molecule has 172 valence electrons. The van der Waals surface area contributed by atoms with Crippen molar-refractivity contribution in [3.8, 4) is 5.75 Å². The van der Waals surface area contributed by atoms with Crippen LogP contribution in [0.25, 0.3) is 0 Å². The summed E-state index contributed by atoms with van der Waals surface area (Å²) in [6.07, 6.45) is 0. The van der Waals surface area contributed by atoms with Crippen molar-refractivity contribution in [2.45, 2.75) is 13.2 Å². The first-order valence-electron chi connectivity index (χ1n) is 10.3. The molecule has 0 saturated carbocycles. The normalized spacial score (nSPS) is 14.1. The lowest BCUT2D eigenvalue weighted by Gasteiger charge is -2.26. The number of nitrogens with one attached hydrogen (secondary N) is 1. The number of amides is 1. The first kappa shape index (κ1) is 22.8. The van der Waals surface area contributed by atoms with Crippen LogP contribution in [0.15, 0.2) is 59.0 Å². The minimum absolute atomic E-state index is 0.0385. The van der Waals surface area contributed by atoms with Crippen molar-refractivity contribution in [1.29, 1.82) is 0 Å². The average Bonchev–Trinajstić information content (AvgIpc) is 3.29. The van der Waals surface area contributed by atoms with Crippen molar-refractivity contribution in [3.05, 3.63) is 86.8 Å². The van der Waals surface area contributed by atoms with Crippen LogP contribution in [-0.2, 0) is 17.9 Å². The summed E-state index contributed by atoms with van der Waals surface area (Å²) in [4.78, 5) is 25.3. The molecule has 1 N–H and O–H groups in total. The van der Waals surface area contributed by atoms with Crippen LogP contribution in [0.5, 0.6) is 5.75 Å². The molecule has 2 aromatic carbocycles. The fourth-order valence-corrected chi connectivity index (χ4v) is 3.57. The smallest absolute Gasteiger partial charge is 0.291 e. The number of halogens is 1. The molecule has 10 heteroatoms. The summed E-state index contributed by atoms with van der Waals surface area (Å²) in [5.74, 6) is 0.268. The zero-order valence-electron chi connectivity index (χ0n) is 17.7. The van der Waals surface area contributed by atoms with Gasteiger partial charge in [-0.2, -0.15) is 0 Å². The first-order chi connectivity index (χ1) is 16.0. The van der Waals surface area contributed by atoms with E-state index in [4.69, 9.17) is 25.5 Å². The van der Waals surface area contributed by atoms with Crippen molar-refractivity contribution in [2.75, 3.05) is 31.6 Å². The molecular weight excluding hydrogens is 450 g/mol. The second kappa shape index (κ2) is 10.5. The van der Waals surface area contributed by atoms with Gasteiger partial charge >= 0.3 is 0 Å². The van der Waals surface area contributed by atoms with Gasteiger partial charge in [0.2, 0.25) is 0 Å². The summed E-state index contributed by atoms with van der Waals surface area (Å²) >= 11 is 6.04. The summed E-state index contributed by atoms with van der Waals surface area (Å²) < 4.78 is 16.5. The Hall–Kier alpha value is -3.40. The van der Waals surface area contributed by atoms with E-state index < -0.39 is 10.8 Å². The molecule has 0 aliphatic carbocycles. The van der Waals surface area contributed by atoms with Crippen molar-refractivity contribution in [2.24, 2.45) is 0 Å². The highest BCUT2D eigenvalue weighted by molar-refractivity contribution is 6.32. The highest BCUT2D eigenvalue weighted by Gasteiger charge is 2.15. The monoisotopic (exact) mass is 471 g/mol. The molecule has 9 nitrogen and oxygen atoms in total. The lowest BCUT2D eigenvalue weighted by molar-refractivity contribution is -0.384. The molecule has 0 unspecified atom stereocenters. The zero-order valence-corrected chi connectivity index (χ0v) is 18.4. The maximum absolute atomic E-state index is 12.6. The Labute approximate surface area is 195 Å². The van der Waals surface area contributed by atoms with Crippen molar-refractivity contribution in [3.63, 3.8) is 0 Å². The third kappa shape index (κ3) is 6.10. The van der Waals surface area contributed by atoms with Gasteiger partial charge in [0.05, 0.1) is 29.2 Å². The molecule has 1 aromatic heterocycles. The standard InChI is InChI=1S/C23H22ClN3O6/c24-20-6-4-18(27(29)30)13-22(20)32-15-19-5-7-21(33-19)23(28)25-17-3-1-2-16(12-17)14-26-8-10-31-11-9-26/h1-7,12-13H,8-11,14-15H2,(H,25,28). The number of morpholine rings is 1. The minimum atomic E-state index is -0.533. The predicted octanol–water partition coefficient (Wildman–Crippen LogP) is 4.50. The van der Waals surface area contributed by atoms with E-state index in [1.807, 2.05) is 24.3 Å². The Bertz CT molecular complexity index is 1140. The lowest BCUT2D eigenvalue weighted by Crippen LogP contribution is -2.35. The van der Waals surface area contributed by atoms with Crippen LogP contribution in [0, 0.1) is 10.1 Å². The fourth-order valence-electron chi connectivity index (χ4n) is 3.40. The van der Waals surface area contributed by atoms with Gasteiger partial charge in [-0.05, 0) is 35.9 Å².